The number of hydrogen-bond acceptors (Lipinski definition) is 8. The molecule has 32 heavy (non-hydrogen) atoms. The molecule has 0 fully saturated rings. The fraction of sp³-hybridized carbons (Fsp3) is 0.348. The molecule has 3 N–H and O–H groups in total. The van der Waals surface area contributed by atoms with Crippen molar-refractivity contribution in [3.05, 3.63) is 56.9 Å². The van der Waals surface area contributed by atoms with Crippen LogP contribution < -0.4 is 11.3 Å². The molecule has 0 radical (unpaired) electrons. The van der Waals surface area contributed by atoms with Gasteiger partial charge >= 0.3 is 5.97 Å². The number of fused-ring (bicyclic) bond motifs is 5. The number of aromatic nitrogens is 2. The summed E-state index contributed by atoms with van der Waals surface area (Å²) in [5.74, 6) is -0.812. The van der Waals surface area contributed by atoms with Crippen LogP contribution in [0.15, 0.2) is 29.1 Å². The minimum Gasteiger partial charge on any atom is -0.458 e. The van der Waals surface area contributed by atoms with E-state index < -0.39 is 17.9 Å². The van der Waals surface area contributed by atoms with Crippen molar-refractivity contribution in [1.29, 1.82) is 0 Å². The van der Waals surface area contributed by atoms with Gasteiger partial charge in [0.2, 0.25) is 0 Å². The van der Waals surface area contributed by atoms with Gasteiger partial charge in [0.05, 0.1) is 34.7 Å². The molecule has 2 aliphatic rings. The molecular weight excluding hydrogens is 414 g/mol. The molecule has 9 nitrogen and oxygen atoms in total. The van der Waals surface area contributed by atoms with Crippen LogP contribution in [-0.2, 0) is 37.8 Å². The highest BCUT2D eigenvalue weighted by molar-refractivity contribution is 5.93. The van der Waals surface area contributed by atoms with E-state index in [1.807, 2.05) is 24.3 Å². The van der Waals surface area contributed by atoms with Crippen molar-refractivity contribution in [2.75, 3.05) is 20.0 Å². The Bertz CT molecular complexity index is 1340. The first kappa shape index (κ1) is 20.6. The van der Waals surface area contributed by atoms with E-state index in [0.29, 0.717) is 16.9 Å². The number of anilines is 1. The molecule has 0 saturated heterocycles. The van der Waals surface area contributed by atoms with E-state index in [-0.39, 0.29) is 41.9 Å². The van der Waals surface area contributed by atoms with Crippen LogP contribution in [0.4, 0.5) is 5.69 Å². The summed E-state index contributed by atoms with van der Waals surface area (Å²) in [6.45, 7) is 1.60. The number of nitrogen functional groups attached to an aromatic ring is 1. The third kappa shape index (κ3) is 2.52. The Morgan fingerprint density at radius 3 is 2.66 bits per heavy atom. The third-order valence-corrected chi connectivity index (χ3v) is 6.45. The van der Waals surface area contributed by atoms with E-state index in [9.17, 15) is 14.7 Å². The lowest BCUT2D eigenvalue weighted by Crippen LogP contribution is -2.45. The van der Waals surface area contributed by atoms with Gasteiger partial charge < -0.3 is 29.6 Å². The molecule has 4 heterocycles. The Morgan fingerprint density at radius 1 is 1.25 bits per heavy atom. The number of pyridine rings is 2. The first-order valence-corrected chi connectivity index (χ1v) is 10.3. The van der Waals surface area contributed by atoms with Gasteiger partial charge in [0.15, 0.2) is 11.9 Å². The number of benzene rings is 1. The zero-order valence-corrected chi connectivity index (χ0v) is 18.0. The fourth-order valence-corrected chi connectivity index (χ4v) is 4.88. The SMILES string of the molecule is CC[C@@]1(O)C(=O)OCc2c1c(N)c1n(c2=O)Cc2c-1nc1ccccc1c2C(OC)OC. The number of carbonyl (C=O) groups is 1. The Morgan fingerprint density at radius 2 is 1.97 bits per heavy atom. The molecule has 0 amide bonds. The van der Waals surface area contributed by atoms with Gasteiger partial charge in [-0.05, 0) is 12.5 Å². The van der Waals surface area contributed by atoms with Crippen molar-refractivity contribution >= 4 is 22.6 Å². The molecule has 3 aromatic rings. The molecule has 2 aliphatic heterocycles. The van der Waals surface area contributed by atoms with Gasteiger partial charge in [0.1, 0.15) is 6.61 Å². The maximum absolute atomic E-state index is 13.5. The molecule has 9 heteroatoms. The second-order valence-corrected chi connectivity index (χ2v) is 7.97. The quantitative estimate of drug-likeness (QED) is 0.367. The number of rotatable bonds is 4. The van der Waals surface area contributed by atoms with E-state index in [4.69, 9.17) is 24.9 Å². The monoisotopic (exact) mass is 437 g/mol. The maximum atomic E-state index is 13.5. The lowest BCUT2D eigenvalue weighted by Gasteiger charge is -2.33. The molecule has 166 valence electrons. The van der Waals surface area contributed by atoms with Crippen molar-refractivity contribution in [1.82, 2.24) is 9.55 Å². The van der Waals surface area contributed by atoms with Crippen molar-refractivity contribution in [3.63, 3.8) is 0 Å². The number of methoxy groups -OCH3 is 2. The van der Waals surface area contributed by atoms with Gasteiger partial charge in [-0.2, -0.15) is 0 Å². The second-order valence-electron chi connectivity index (χ2n) is 7.97. The Balaban J connectivity index is 1.89. The highest BCUT2D eigenvalue weighted by Gasteiger charge is 2.48. The van der Waals surface area contributed by atoms with Gasteiger partial charge in [0.25, 0.3) is 5.56 Å². The van der Waals surface area contributed by atoms with Crippen molar-refractivity contribution < 1.29 is 24.1 Å². The average molecular weight is 437 g/mol. The number of hydrogen-bond donors (Lipinski definition) is 2. The Hall–Kier alpha value is -3.27. The van der Waals surface area contributed by atoms with Gasteiger partial charge in [-0.15, -0.1) is 0 Å². The molecule has 0 unspecified atom stereocenters. The zero-order chi connectivity index (χ0) is 22.8. The first-order chi connectivity index (χ1) is 15.4. The average Bonchev–Trinajstić information content (AvgIpc) is 3.19. The van der Waals surface area contributed by atoms with Crippen LogP contribution in [0.3, 0.4) is 0 Å². The summed E-state index contributed by atoms with van der Waals surface area (Å²) in [4.78, 5) is 30.7. The normalized spacial score (nSPS) is 19.1. The van der Waals surface area contributed by atoms with Crippen LogP contribution >= 0.6 is 0 Å². The number of carbonyl (C=O) groups excluding carboxylic acids is 1. The number of para-hydroxylation sites is 1. The number of ether oxygens (including phenoxy) is 3. The molecule has 0 saturated carbocycles. The Kier molecular flexibility index (Phi) is 4.59. The van der Waals surface area contributed by atoms with Crippen LogP contribution in [0.1, 0.15) is 41.9 Å². The largest absolute Gasteiger partial charge is 0.458 e. The predicted octanol–water partition coefficient (Wildman–Crippen LogP) is 1.95. The topological polar surface area (TPSA) is 126 Å². The van der Waals surface area contributed by atoms with Gasteiger partial charge in [-0.25, -0.2) is 9.78 Å². The molecule has 1 atom stereocenters. The third-order valence-electron chi connectivity index (χ3n) is 6.45. The van der Waals surface area contributed by atoms with E-state index in [1.54, 1.807) is 21.1 Å². The number of nitrogens with two attached hydrogens (primary N) is 1. The van der Waals surface area contributed by atoms with Gasteiger partial charge in [-0.3, -0.25) is 4.79 Å². The van der Waals surface area contributed by atoms with Crippen molar-refractivity contribution in [2.24, 2.45) is 0 Å². The summed E-state index contributed by atoms with van der Waals surface area (Å²) < 4.78 is 17.8. The molecule has 2 aromatic heterocycles. The lowest BCUT2D eigenvalue weighted by molar-refractivity contribution is -0.172. The van der Waals surface area contributed by atoms with Gasteiger partial charge in [0, 0.05) is 36.3 Å². The zero-order valence-electron chi connectivity index (χ0n) is 18.0. The Labute approximate surface area is 183 Å². The van der Waals surface area contributed by atoms with E-state index in [1.165, 1.54) is 4.57 Å². The summed E-state index contributed by atoms with van der Waals surface area (Å²) in [7, 11) is 3.09. The minimum atomic E-state index is -1.99. The maximum Gasteiger partial charge on any atom is 0.343 e. The highest BCUT2D eigenvalue weighted by atomic mass is 16.7. The van der Waals surface area contributed by atoms with Crippen molar-refractivity contribution in [2.45, 2.75) is 38.4 Å². The molecule has 0 aliphatic carbocycles. The summed E-state index contributed by atoms with van der Waals surface area (Å²) in [6, 6.07) is 7.54. The number of cyclic esters (lactones) is 1. The summed E-state index contributed by atoms with van der Waals surface area (Å²) in [6.07, 6.45) is -0.667. The van der Waals surface area contributed by atoms with Crippen LogP contribution in [0.2, 0.25) is 0 Å². The number of aliphatic hydroxyl groups is 1. The second kappa shape index (κ2) is 7.13. The number of nitrogens with zero attached hydrogens (tertiary/aromatic N) is 2. The van der Waals surface area contributed by atoms with Crippen LogP contribution in [-0.4, -0.2) is 34.8 Å². The standard InChI is InChI=1S/C23H23N3O6/c1-4-23(29)16-13(10-32-22(23)28)20(27)26-9-12-15(21(30-2)31-3)11-7-5-6-8-14(11)25-18(12)19(26)17(16)24/h5-8,21,29H,4,9-10,24H2,1-3H3/t23-/m0/s1. The highest BCUT2D eigenvalue weighted by Crippen LogP contribution is 2.46. The van der Waals surface area contributed by atoms with E-state index in [2.05, 4.69) is 0 Å². The molecule has 0 spiro atoms. The number of esters is 1. The van der Waals surface area contributed by atoms with Crippen LogP contribution in [0.5, 0.6) is 0 Å². The first-order valence-electron chi connectivity index (χ1n) is 10.3. The smallest absolute Gasteiger partial charge is 0.343 e. The van der Waals surface area contributed by atoms with Crippen molar-refractivity contribution in [3.8, 4) is 11.4 Å². The van der Waals surface area contributed by atoms with Gasteiger partial charge in [-0.1, -0.05) is 25.1 Å². The molecule has 5 rings (SSSR count). The summed E-state index contributed by atoms with van der Waals surface area (Å²) >= 11 is 0. The lowest BCUT2D eigenvalue weighted by atomic mass is 9.84. The molecular formula is C23H23N3O6. The van der Waals surface area contributed by atoms with E-state index >= 15 is 0 Å². The summed E-state index contributed by atoms with van der Waals surface area (Å²) in [5, 5.41) is 12.0. The summed E-state index contributed by atoms with van der Waals surface area (Å²) in [5.41, 5.74) is 7.72. The molecule has 1 aromatic carbocycles. The minimum absolute atomic E-state index is 0.0185. The predicted molar refractivity (Wildman–Crippen MR) is 116 cm³/mol. The fourth-order valence-electron chi connectivity index (χ4n) is 4.88. The van der Waals surface area contributed by atoms with E-state index in [0.717, 1.165) is 16.5 Å². The van der Waals surface area contributed by atoms with Crippen LogP contribution in [0.25, 0.3) is 22.3 Å². The van der Waals surface area contributed by atoms with Crippen LogP contribution in [0, 0.1) is 0 Å². The molecule has 0 bridgehead atoms.